The summed E-state index contributed by atoms with van der Waals surface area (Å²) in [6.07, 6.45) is 1.15. The highest BCUT2D eigenvalue weighted by atomic mass is 127. The van der Waals surface area contributed by atoms with Crippen LogP contribution in [0.15, 0.2) is 46.8 Å². The molecule has 1 aromatic carbocycles. The van der Waals surface area contributed by atoms with E-state index in [1.165, 1.54) is 4.88 Å². The van der Waals surface area contributed by atoms with Gasteiger partial charge in [0, 0.05) is 11.4 Å². The van der Waals surface area contributed by atoms with Crippen molar-refractivity contribution in [3.8, 4) is 5.75 Å². The summed E-state index contributed by atoms with van der Waals surface area (Å²) in [6, 6.07) is 12.1. The molecule has 0 radical (unpaired) electrons. The second-order valence-corrected chi connectivity index (χ2v) is 6.30. The van der Waals surface area contributed by atoms with Crippen LogP contribution in [-0.2, 0) is 13.0 Å². The van der Waals surface area contributed by atoms with Gasteiger partial charge in [-0.2, -0.15) is 0 Å². The van der Waals surface area contributed by atoms with Crippen molar-refractivity contribution in [2.24, 2.45) is 10.7 Å². The monoisotopic (exact) mass is 445 g/mol. The summed E-state index contributed by atoms with van der Waals surface area (Å²) in [6.45, 7) is 5.40. The Balaban J connectivity index is 0.00000264. The zero-order valence-corrected chi connectivity index (χ0v) is 16.6. The van der Waals surface area contributed by atoms with E-state index >= 15 is 0 Å². The Bertz CT molecular complexity index is 582. The standard InChI is InChI=1S/C17H23N3OS.HI/c1-13(2)21-15-7-5-14(6-8-15)12-20-17(18)19-10-9-16-4-3-11-22-16;/h3-8,11,13H,9-10,12H2,1-2H3,(H3,18,19,20);1H. The molecule has 4 nitrogen and oxygen atoms in total. The van der Waals surface area contributed by atoms with Crippen molar-refractivity contribution in [2.75, 3.05) is 6.54 Å². The molecule has 0 bridgehead atoms. The maximum Gasteiger partial charge on any atom is 0.188 e. The van der Waals surface area contributed by atoms with Crippen LogP contribution in [0.3, 0.4) is 0 Å². The molecule has 126 valence electrons. The van der Waals surface area contributed by atoms with Crippen LogP contribution in [0.25, 0.3) is 0 Å². The van der Waals surface area contributed by atoms with Crippen molar-refractivity contribution < 1.29 is 4.74 Å². The maximum atomic E-state index is 5.87. The Morgan fingerprint density at radius 3 is 2.61 bits per heavy atom. The number of halogens is 1. The molecule has 23 heavy (non-hydrogen) atoms. The fourth-order valence-corrected chi connectivity index (χ4v) is 2.66. The first-order chi connectivity index (χ1) is 10.6. The molecule has 0 aliphatic rings. The number of hydrogen-bond acceptors (Lipinski definition) is 3. The van der Waals surface area contributed by atoms with Gasteiger partial charge in [-0.1, -0.05) is 18.2 Å². The molecule has 0 fully saturated rings. The average Bonchev–Trinajstić information content (AvgIpc) is 2.99. The van der Waals surface area contributed by atoms with E-state index in [1.54, 1.807) is 11.3 Å². The van der Waals surface area contributed by atoms with Crippen LogP contribution in [0.2, 0.25) is 0 Å². The molecule has 2 rings (SSSR count). The second-order valence-electron chi connectivity index (χ2n) is 5.27. The van der Waals surface area contributed by atoms with E-state index in [2.05, 4.69) is 27.8 Å². The van der Waals surface area contributed by atoms with Crippen LogP contribution in [0.4, 0.5) is 0 Å². The van der Waals surface area contributed by atoms with Crippen LogP contribution in [0.1, 0.15) is 24.3 Å². The van der Waals surface area contributed by atoms with Crippen LogP contribution >= 0.6 is 35.3 Å². The zero-order chi connectivity index (χ0) is 15.8. The summed E-state index contributed by atoms with van der Waals surface area (Å²) >= 11 is 1.76. The van der Waals surface area contributed by atoms with E-state index in [0.717, 1.165) is 24.3 Å². The van der Waals surface area contributed by atoms with Crippen molar-refractivity contribution in [3.05, 3.63) is 52.2 Å². The molecule has 0 saturated heterocycles. The number of ether oxygens (including phenoxy) is 1. The highest BCUT2D eigenvalue weighted by molar-refractivity contribution is 14.0. The van der Waals surface area contributed by atoms with Crippen molar-refractivity contribution in [1.82, 2.24) is 5.32 Å². The van der Waals surface area contributed by atoms with E-state index in [0.29, 0.717) is 12.5 Å². The maximum absolute atomic E-state index is 5.87. The molecule has 0 atom stereocenters. The molecule has 0 spiro atoms. The van der Waals surface area contributed by atoms with Crippen molar-refractivity contribution in [3.63, 3.8) is 0 Å². The number of hydrogen-bond donors (Lipinski definition) is 2. The van der Waals surface area contributed by atoms with Crippen LogP contribution in [0.5, 0.6) is 5.75 Å². The van der Waals surface area contributed by atoms with Gasteiger partial charge in [-0.3, -0.25) is 0 Å². The lowest BCUT2D eigenvalue weighted by atomic mass is 10.2. The molecule has 3 N–H and O–H groups in total. The Kier molecular flexibility index (Phi) is 9.01. The van der Waals surface area contributed by atoms with Gasteiger partial charge >= 0.3 is 0 Å². The Morgan fingerprint density at radius 1 is 1.26 bits per heavy atom. The van der Waals surface area contributed by atoms with Gasteiger partial charge < -0.3 is 15.8 Å². The van der Waals surface area contributed by atoms with Gasteiger partial charge in [0.25, 0.3) is 0 Å². The third-order valence-corrected chi connectivity index (χ3v) is 3.92. The molecule has 0 amide bonds. The minimum atomic E-state index is 0. The van der Waals surface area contributed by atoms with Gasteiger partial charge in [-0.05, 0) is 49.4 Å². The minimum absolute atomic E-state index is 0. The first-order valence-corrected chi connectivity index (χ1v) is 8.33. The molecule has 0 unspecified atom stereocenters. The summed E-state index contributed by atoms with van der Waals surface area (Å²) in [5.74, 6) is 1.36. The van der Waals surface area contributed by atoms with E-state index in [4.69, 9.17) is 10.5 Å². The lowest BCUT2D eigenvalue weighted by Gasteiger charge is -2.09. The molecule has 0 aliphatic heterocycles. The molecule has 0 aliphatic carbocycles. The number of aliphatic imine (C=N–C) groups is 1. The normalized spacial score (nSPS) is 11.2. The Hall–Kier alpha value is -1.28. The third-order valence-electron chi connectivity index (χ3n) is 2.98. The van der Waals surface area contributed by atoms with Gasteiger partial charge in [0.1, 0.15) is 5.75 Å². The van der Waals surface area contributed by atoms with Gasteiger partial charge in [0.15, 0.2) is 5.96 Å². The average molecular weight is 445 g/mol. The fourth-order valence-electron chi connectivity index (χ4n) is 1.95. The largest absolute Gasteiger partial charge is 0.491 e. The van der Waals surface area contributed by atoms with Crippen molar-refractivity contribution >= 4 is 41.3 Å². The number of nitrogens with two attached hydrogens (primary N) is 1. The molecule has 1 heterocycles. The highest BCUT2D eigenvalue weighted by Crippen LogP contribution is 2.14. The predicted octanol–water partition coefficient (Wildman–Crippen LogP) is 3.80. The minimum Gasteiger partial charge on any atom is -0.491 e. The summed E-state index contributed by atoms with van der Waals surface area (Å²) in [7, 11) is 0. The van der Waals surface area contributed by atoms with E-state index in [1.807, 2.05) is 38.1 Å². The molecule has 1 aromatic heterocycles. The van der Waals surface area contributed by atoms with E-state index in [-0.39, 0.29) is 30.1 Å². The predicted molar refractivity (Wildman–Crippen MR) is 109 cm³/mol. The van der Waals surface area contributed by atoms with Crippen LogP contribution in [0, 0.1) is 0 Å². The number of benzene rings is 1. The summed E-state index contributed by atoms with van der Waals surface area (Å²) in [5, 5.41) is 5.22. The number of thiophene rings is 1. The first-order valence-electron chi connectivity index (χ1n) is 7.45. The Morgan fingerprint density at radius 2 is 2.00 bits per heavy atom. The zero-order valence-electron chi connectivity index (χ0n) is 13.5. The number of nitrogens with zero attached hydrogens (tertiary/aromatic N) is 1. The smallest absolute Gasteiger partial charge is 0.188 e. The lowest BCUT2D eigenvalue weighted by Crippen LogP contribution is -2.33. The lowest BCUT2D eigenvalue weighted by molar-refractivity contribution is 0.242. The van der Waals surface area contributed by atoms with Gasteiger partial charge in [-0.25, -0.2) is 4.99 Å². The summed E-state index contributed by atoms with van der Waals surface area (Å²) in [5.41, 5.74) is 6.98. The molecular weight excluding hydrogens is 421 g/mol. The second kappa shape index (κ2) is 10.5. The number of guanidine groups is 1. The highest BCUT2D eigenvalue weighted by Gasteiger charge is 1.99. The van der Waals surface area contributed by atoms with Crippen LogP contribution < -0.4 is 15.8 Å². The van der Waals surface area contributed by atoms with Gasteiger partial charge in [0.2, 0.25) is 0 Å². The fraction of sp³-hybridized carbons (Fsp3) is 0.353. The van der Waals surface area contributed by atoms with E-state index in [9.17, 15) is 0 Å². The Labute approximate surface area is 159 Å². The summed E-state index contributed by atoms with van der Waals surface area (Å²) in [4.78, 5) is 5.70. The van der Waals surface area contributed by atoms with Crippen LogP contribution in [-0.4, -0.2) is 18.6 Å². The molecule has 2 aromatic rings. The van der Waals surface area contributed by atoms with E-state index < -0.39 is 0 Å². The third kappa shape index (κ3) is 7.69. The molecule has 6 heteroatoms. The SMILES string of the molecule is CC(C)Oc1ccc(CN=C(N)NCCc2cccs2)cc1.I. The topological polar surface area (TPSA) is 59.6 Å². The first kappa shape index (κ1) is 19.8. The number of rotatable bonds is 7. The number of nitrogens with one attached hydrogen (secondary N) is 1. The van der Waals surface area contributed by atoms with Gasteiger partial charge in [-0.15, -0.1) is 35.3 Å². The summed E-state index contributed by atoms with van der Waals surface area (Å²) < 4.78 is 5.61. The quantitative estimate of drug-likeness (QED) is 0.387. The molecule has 0 saturated carbocycles. The van der Waals surface area contributed by atoms with Crippen molar-refractivity contribution in [1.29, 1.82) is 0 Å². The van der Waals surface area contributed by atoms with Gasteiger partial charge in [0.05, 0.1) is 12.6 Å². The molecular formula is C17H24IN3OS. The van der Waals surface area contributed by atoms with Crippen molar-refractivity contribution in [2.45, 2.75) is 32.9 Å².